The first-order valence-corrected chi connectivity index (χ1v) is 9.11. The van der Waals surface area contributed by atoms with Crippen LogP contribution >= 0.6 is 22.9 Å². The highest BCUT2D eigenvalue weighted by Gasteiger charge is 2.24. The highest BCUT2D eigenvalue weighted by Crippen LogP contribution is 2.34. The predicted molar refractivity (Wildman–Crippen MR) is 97.5 cm³/mol. The summed E-state index contributed by atoms with van der Waals surface area (Å²) in [6.07, 6.45) is 2.04. The summed E-state index contributed by atoms with van der Waals surface area (Å²) in [5.74, 6) is 0.154. The fourth-order valence-corrected chi connectivity index (χ4v) is 4.36. The third kappa shape index (κ3) is 3.60. The van der Waals surface area contributed by atoms with Crippen molar-refractivity contribution in [2.24, 2.45) is 0 Å². The van der Waals surface area contributed by atoms with Gasteiger partial charge in [0.05, 0.1) is 4.88 Å². The van der Waals surface area contributed by atoms with E-state index in [1.165, 1.54) is 0 Å². The van der Waals surface area contributed by atoms with Gasteiger partial charge in [0.1, 0.15) is 0 Å². The number of benzene rings is 1. The van der Waals surface area contributed by atoms with E-state index >= 15 is 0 Å². The predicted octanol–water partition coefficient (Wildman–Crippen LogP) is 4.20. The Morgan fingerprint density at radius 2 is 2.04 bits per heavy atom. The number of nitrogens with zero attached hydrogens (tertiary/aromatic N) is 1. The van der Waals surface area contributed by atoms with Gasteiger partial charge < -0.3 is 10.2 Å². The summed E-state index contributed by atoms with van der Waals surface area (Å²) >= 11 is 7.65. The Bertz CT molecular complexity index is 705. The molecule has 1 fully saturated rings. The number of hydrogen-bond donors (Lipinski definition) is 1. The van der Waals surface area contributed by atoms with Crippen molar-refractivity contribution in [1.29, 1.82) is 0 Å². The number of nitrogens with one attached hydrogen (secondary N) is 1. The van der Waals surface area contributed by atoms with Crippen LogP contribution in [0.1, 0.15) is 28.1 Å². The Hall–Kier alpha value is -1.36. The van der Waals surface area contributed by atoms with Crippen molar-refractivity contribution in [2.45, 2.75) is 25.8 Å². The summed E-state index contributed by atoms with van der Waals surface area (Å²) in [6.45, 7) is 3.71. The summed E-state index contributed by atoms with van der Waals surface area (Å²) in [4.78, 5) is 16.7. The van der Waals surface area contributed by atoms with Crippen LogP contribution in [0.5, 0.6) is 0 Å². The molecular formula is C18H21ClN2OS. The van der Waals surface area contributed by atoms with Gasteiger partial charge in [0.15, 0.2) is 0 Å². The SMILES string of the molecule is CNC1CCN(C(=O)c2cc(C)c(-c3cccc(Cl)c3)s2)CC1. The maximum Gasteiger partial charge on any atom is 0.263 e. The molecule has 1 N–H and O–H groups in total. The number of carbonyl (C=O) groups is 1. The molecule has 3 rings (SSSR count). The lowest BCUT2D eigenvalue weighted by molar-refractivity contribution is 0.0712. The Balaban J connectivity index is 1.79. The van der Waals surface area contributed by atoms with Gasteiger partial charge in [-0.2, -0.15) is 0 Å². The zero-order valence-electron chi connectivity index (χ0n) is 13.4. The van der Waals surface area contributed by atoms with Crippen molar-refractivity contribution in [3.63, 3.8) is 0 Å². The zero-order valence-corrected chi connectivity index (χ0v) is 15.0. The van der Waals surface area contributed by atoms with Crippen molar-refractivity contribution in [1.82, 2.24) is 10.2 Å². The number of amides is 1. The number of carbonyl (C=O) groups excluding carboxylic acids is 1. The van der Waals surface area contributed by atoms with Gasteiger partial charge in [-0.1, -0.05) is 23.7 Å². The third-order valence-corrected chi connectivity index (χ3v) is 5.92. The lowest BCUT2D eigenvalue weighted by Gasteiger charge is -2.31. The lowest BCUT2D eigenvalue weighted by atomic mass is 10.1. The smallest absolute Gasteiger partial charge is 0.263 e. The molecule has 1 aromatic heterocycles. The van der Waals surface area contributed by atoms with E-state index in [-0.39, 0.29) is 5.91 Å². The number of aryl methyl sites for hydroxylation is 1. The number of rotatable bonds is 3. The Morgan fingerprint density at radius 3 is 2.70 bits per heavy atom. The van der Waals surface area contributed by atoms with Gasteiger partial charge in [0.2, 0.25) is 0 Å². The topological polar surface area (TPSA) is 32.3 Å². The second-order valence-corrected chi connectivity index (χ2v) is 7.48. The second-order valence-electron chi connectivity index (χ2n) is 5.99. The molecule has 5 heteroatoms. The number of likely N-dealkylation sites (tertiary alicyclic amines) is 1. The second kappa shape index (κ2) is 7.04. The summed E-state index contributed by atoms with van der Waals surface area (Å²) < 4.78 is 0. The molecule has 1 amide bonds. The van der Waals surface area contributed by atoms with Crippen LogP contribution in [0.3, 0.4) is 0 Å². The van der Waals surface area contributed by atoms with Crippen LogP contribution in [0.4, 0.5) is 0 Å². The van der Waals surface area contributed by atoms with Crippen LogP contribution < -0.4 is 5.32 Å². The highest BCUT2D eigenvalue weighted by atomic mass is 35.5. The van der Waals surface area contributed by atoms with Crippen molar-refractivity contribution < 1.29 is 4.79 Å². The van der Waals surface area contributed by atoms with Crippen LogP contribution in [0.2, 0.25) is 5.02 Å². The molecule has 0 spiro atoms. The normalized spacial score (nSPS) is 15.9. The van der Waals surface area contributed by atoms with Gasteiger partial charge >= 0.3 is 0 Å². The molecule has 1 aliphatic rings. The molecular weight excluding hydrogens is 328 g/mol. The summed E-state index contributed by atoms with van der Waals surface area (Å²) in [6, 6.07) is 10.3. The average Bonchev–Trinajstić information content (AvgIpc) is 2.96. The van der Waals surface area contributed by atoms with E-state index in [0.29, 0.717) is 6.04 Å². The first-order valence-electron chi connectivity index (χ1n) is 7.91. The summed E-state index contributed by atoms with van der Waals surface area (Å²) in [7, 11) is 1.99. The van der Waals surface area contributed by atoms with Crippen LogP contribution in [-0.2, 0) is 0 Å². The molecule has 1 aliphatic heterocycles. The van der Waals surface area contributed by atoms with E-state index in [2.05, 4.69) is 12.2 Å². The average molecular weight is 349 g/mol. The molecule has 0 aliphatic carbocycles. The first kappa shape index (κ1) is 16.5. The van der Waals surface area contributed by atoms with E-state index in [9.17, 15) is 4.79 Å². The lowest BCUT2D eigenvalue weighted by Crippen LogP contribution is -2.43. The highest BCUT2D eigenvalue weighted by molar-refractivity contribution is 7.17. The molecule has 0 bridgehead atoms. The third-order valence-electron chi connectivity index (χ3n) is 4.41. The minimum absolute atomic E-state index is 0.154. The van der Waals surface area contributed by atoms with Gasteiger partial charge in [0, 0.05) is 29.0 Å². The number of piperidine rings is 1. The van der Waals surface area contributed by atoms with Crippen molar-refractivity contribution in [3.8, 4) is 10.4 Å². The first-order chi connectivity index (χ1) is 11.1. The maximum absolute atomic E-state index is 12.7. The van der Waals surface area contributed by atoms with E-state index in [1.807, 2.05) is 42.3 Å². The quantitative estimate of drug-likeness (QED) is 0.901. The van der Waals surface area contributed by atoms with Gasteiger partial charge in [-0.15, -0.1) is 11.3 Å². The molecule has 0 radical (unpaired) electrons. The molecule has 122 valence electrons. The van der Waals surface area contributed by atoms with E-state index in [4.69, 9.17) is 11.6 Å². The number of halogens is 1. The van der Waals surface area contributed by atoms with E-state index in [0.717, 1.165) is 51.8 Å². The molecule has 1 aromatic carbocycles. The maximum atomic E-state index is 12.7. The van der Waals surface area contributed by atoms with Crippen LogP contribution in [0, 0.1) is 6.92 Å². The van der Waals surface area contributed by atoms with Crippen LogP contribution in [-0.4, -0.2) is 37.0 Å². The molecule has 1 saturated heterocycles. The number of thiophene rings is 1. The minimum atomic E-state index is 0.154. The molecule has 3 nitrogen and oxygen atoms in total. The van der Waals surface area contributed by atoms with Gasteiger partial charge in [-0.25, -0.2) is 0 Å². The molecule has 0 unspecified atom stereocenters. The number of hydrogen-bond acceptors (Lipinski definition) is 3. The van der Waals surface area contributed by atoms with Gasteiger partial charge in [-0.05, 0) is 56.1 Å². The summed E-state index contributed by atoms with van der Waals surface area (Å²) in [5.41, 5.74) is 2.21. The fraction of sp³-hybridized carbons (Fsp3) is 0.389. The van der Waals surface area contributed by atoms with Crippen molar-refractivity contribution >= 4 is 28.8 Å². The fourth-order valence-electron chi connectivity index (χ4n) is 3.03. The van der Waals surface area contributed by atoms with Crippen LogP contribution in [0.25, 0.3) is 10.4 Å². The Labute approximate surface area is 146 Å². The summed E-state index contributed by atoms with van der Waals surface area (Å²) in [5, 5.41) is 4.02. The van der Waals surface area contributed by atoms with E-state index in [1.54, 1.807) is 11.3 Å². The van der Waals surface area contributed by atoms with Gasteiger partial charge in [-0.3, -0.25) is 4.79 Å². The van der Waals surface area contributed by atoms with E-state index < -0.39 is 0 Å². The van der Waals surface area contributed by atoms with Crippen LogP contribution in [0.15, 0.2) is 30.3 Å². The van der Waals surface area contributed by atoms with Gasteiger partial charge in [0.25, 0.3) is 5.91 Å². The molecule has 23 heavy (non-hydrogen) atoms. The molecule has 2 heterocycles. The monoisotopic (exact) mass is 348 g/mol. The van der Waals surface area contributed by atoms with Crippen molar-refractivity contribution in [2.75, 3.05) is 20.1 Å². The Morgan fingerprint density at radius 1 is 1.30 bits per heavy atom. The Kier molecular flexibility index (Phi) is 5.05. The molecule has 0 atom stereocenters. The standard InChI is InChI=1S/C18H21ClN2OS/c1-12-10-16(18(22)21-8-6-15(20-2)7-9-21)23-17(12)13-4-3-5-14(19)11-13/h3-5,10-11,15,20H,6-9H2,1-2H3. The largest absolute Gasteiger partial charge is 0.338 e. The zero-order chi connectivity index (χ0) is 16.4. The molecule has 0 saturated carbocycles. The molecule has 2 aromatic rings. The minimum Gasteiger partial charge on any atom is -0.338 e. The van der Waals surface area contributed by atoms with Crippen molar-refractivity contribution in [3.05, 3.63) is 45.8 Å².